The Bertz CT molecular complexity index is 1270. The summed E-state index contributed by atoms with van der Waals surface area (Å²) in [7, 11) is -8.22. The van der Waals surface area contributed by atoms with E-state index < -0.39 is 54.7 Å². The van der Waals surface area contributed by atoms with Crippen LogP contribution in [0.5, 0.6) is 0 Å². The molecule has 0 aliphatic carbocycles. The number of sulfone groups is 1. The van der Waals surface area contributed by atoms with Crippen LogP contribution in [-0.4, -0.2) is 41.6 Å². The first-order chi connectivity index (χ1) is 15.9. The van der Waals surface area contributed by atoms with Gasteiger partial charge in [0, 0.05) is 5.92 Å². The summed E-state index contributed by atoms with van der Waals surface area (Å²) in [6.45, 7) is 1.17. The molecule has 2 N–H and O–H groups in total. The minimum Gasteiger partial charge on any atom is -0.317 e. The number of hydrogen-bond acceptors (Lipinski definition) is 6. The van der Waals surface area contributed by atoms with Crippen molar-refractivity contribution in [3.63, 3.8) is 0 Å². The van der Waals surface area contributed by atoms with Gasteiger partial charge in [-0.3, -0.25) is 9.52 Å². The van der Waals surface area contributed by atoms with Crippen molar-refractivity contribution in [3.8, 4) is 0 Å². The topological polar surface area (TPSA) is 109 Å². The number of carbonyl (C=O) groups is 1. The van der Waals surface area contributed by atoms with Crippen LogP contribution in [0.25, 0.3) is 6.08 Å². The van der Waals surface area contributed by atoms with Gasteiger partial charge in [0.1, 0.15) is 0 Å². The van der Waals surface area contributed by atoms with Crippen molar-refractivity contribution in [2.45, 2.75) is 28.8 Å². The Hall–Kier alpha value is -2.70. The Balaban J connectivity index is 1.84. The molecule has 12 heteroatoms. The molecule has 1 aliphatic rings. The summed E-state index contributed by atoms with van der Waals surface area (Å²) in [4.78, 5) is 11.7. The number of hydrogen-bond donors (Lipinski definition) is 2. The molecule has 0 radical (unpaired) electrons. The van der Waals surface area contributed by atoms with Crippen LogP contribution in [0.3, 0.4) is 0 Å². The van der Waals surface area contributed by atoms with Crippen molar-refractivity contribution < 1.29 is 34.8 Å². The fourth-order valence-electron chi connectivity index (χ4n) is 3.50. The molecule has 34 heavy (non-hydrogen) atoms. The molecule has 3 rings (SSSR count). The van der Waals surface area contributed by atoms with E-state index >= 15 is 0 Å². The number of benzene rings is 2. The van der Waals surface area contributed by atoms with E-state index in [4.69, 9.17) is 0 Å². The Morgan fingerprint density at radius 1 is 1.00 bits per heavy atom. The van der Waals surface area contributed by atoms with Crippen molar-refractivity contribution in [1.82, 2.24) is 10.0 Å². The average Bonchev–Trinajstić information content (AvgIpc) is 2.79. The number of halogens is 3. The van der Waals surface area contributed by atoms with Crippen molar-refractivity contribution in [1.29, 1.82) is 0 Å². The third-order valence-corrected chi connectivity index (χ3v) is 8.18. The first kappa shape index (κ1) is 25.9. The summed E-state index contributed by atoms with van der Waals surface area (Å²) in [5.74, 6) is -1.87. The smallest absolute Gasteiger partial charge is 0.317 e. The number of alkyl halides is 3. The fourth-order valence-corrected chi connectivity index (χ4v) is 5.73. The van der Waals surface area contributed by atoms with Gasteiger partial charge in [-0.25, -0.2) is 16.8 Å². The number of carbonyl (C=O) groups excluding carboxylic acids is 1. The third-order valence-electron chi connectivity index (χ3n) is 5.27. The highest BCUT2D eigenvalue weighted by atomic mass is 32.2. The molecule has 0 spiro atoms. The molecule has 0 saturated carbocycles. The second-order valence-corrected chi connectivity index (χ2v) is 11.5. The zero-order chi connectivity index (χ0) is 25.0. The number of nitrogens with one attached hydrogen (secondary N) is 2. The van der Waals surface area contributed by atoms with Gasteiger partial charge in [0.15, 0.2) is 0 Å². The average molecular weight is 517 g/mol. The summed E-state index contributed by atoms with van der Waals surface area (Å²) < 4.78 is 92.5. The lowest BCUT2D eigenvalue weighted by Crippen LogP contribution is -2.41. The maximum atomic E-state index is 13.5. The van der Waals surface area contributed by atoms with E-state index in [9.17, 15) is 34.8 Å². The lowest BCUT2D eigenvalue weighted by atomic mass is 9.98. The normalized spacial score (nSPS) is 16.0. The SMILES string of the molecule is O=C(NS(=O)(=O)CC=Cc1cc(S(=O)(=O)c2ccccc2)ccc1C(F)(F)F)C1CCNCC1. The maximum Gasteiger partial charge on any atom is 0.416 e. The second kappa shape index (κ2) is 10.3. The standard InChI is InChI=1S/C22H23F3N2O5S2/c23-22(24,25)20-9-8-19(34(31,32)18-6-2-1-3-7-18)15-17(20)5-4-14-33(29,30)27-21(28)16-10-12-26-13-11-16/h1-9,15-16,26H,10-14H2,(H,27,28). The summed E-state index contributed by atoms with van der Waals surface area (Å²) in [6.07, 6.45) is -2.00. The maximum absolute atomic E-state index is 13.5. The summed E-state index contributed by atoms with van der Waals surface area (Å²) in [5.41, 5.74) is -1.63. The molecule has 0 unspecified atom stereocenters. The van der Waals surface area contributed by atoms with E-state index in [0.717, 1.165) is 24.3 Å². The van der Waals surface area contributed by atoms with Crippen LogP contribution in [0.2, 0.25) is 0 Å². The van der Waals surface area contributed by atoms with Crippen LogP contribution >= 0.6 is 0 Å². The molecular formula is C22H23F3N2O5S2. The molecule has 2 aromatic carbocycles. The van der Waals surface area contributed by atoms with E-state index in [0.29, 0.717) is 32.0 Å². The zero-order valence-corrected chi connectivity index (χ0v) is 19.5. The molecule has 1 aliphatic heterocycles. The lowest BCUT2D eigenvalue weighted by Gasteiger charge is -2.21. The largest absolute Gasteiger partial charge is 0.416 e. The highest BCUT2D eigenvalue weighted by Crippen LogP contribution is 2.34. The first-order valence-electron chi connectivity index (χ1n) is 10.3. The zero-order valence-electron chi connectivity index (χ0n) is 17.9. The minimum absolute atomic E-state index is 0.0899. The van der Waals surface area contributed by atoms with Gasteiger partial charge in [0.2, 0.25) is 25.8 Å². The predicted octanol–water partition coefficient (Wildman–Crippen LogP) is 3.00. The minimum atomic E-state index is -4.79. The van der Waals surface area contributed by atoms with Crippen LogP contribution in [0.1, 0.15) is 24.0 Å². The quantitative estimate of drug-likeness (QED) is 0.586. The number of rotatable bonds is 7. The predicted molar refractivity (Wildman–Crippen MR) is 120 cm³/mol. The van der Waals surface area contributed by atoms with Gasteiger partial charge in [-0.1, -0.05) is 30.4 Å². The molecule has 7 nitrogen and oxygen atoms in total. The molecule has 1 saturated heterocycles. The van der Waals surface area contributed by atoms with Crippen LogP contribution in [0.15, 0.2) is 64.4 Å². The lowest BCUT2D eigenvalue weighted by molar-refractivity contribution is -0.137. The first-order valence-corrected chi connectivity index (χ1v) is 13.5. The van der Waals surface area contributed by atoms with Crippen molar-refractivity contribution in [2.24, 2.45) is 5.92 Å². The molecule has 0 aromatic heterocycles. The van der Waals surface area contributed by atoms with Crippen molar-refractivity contribution in [2.75, 3.05) is 18.8 Å². The van der Waals surface area contributed by atoms with Crippen LogP contribution < -0.4 is 10.0 Å². The molecule has 184 valence electrons. The molecule has 1 amide bonds. The van der Waals surface area contributed by atoms with E-state index in [1.165, 1.54) is 24.3 Å². The second-order valence-electron chi connectivity index (χ2n) is 7.74. The van der Waals surface area contributed by atoms with Crippen LogP contribution in [0, 0.1) is 5.92 Å². The van der Waals surface area contributed by atoms with Crippen molar-refractivity contribution in [3.05, 3.63) is 65.7 Å². The highest BCUT2D eigenvalue weighted by Gasteiger charge is 2.34. The van der Waals surface area contributed by atoms with E-state index in [2.05, 4.69) is 5.32 Å². The van der Waals surface area contributed by atoms with Gasteiger partial charge < -0.3 is 5.32 Å². The number of amides is 1. The molecular weight excluding hydrogens is 493 g/mol. The van der Waals surface area contributed by atoms with Gasteiger partial charge in [-0.05, 0) is 61.8 Å². The van der Waals surface area contributed by atoms with Crippen LogP contribution in [-0.2, 0) is 30.8 Å². The number of piperidine rings is 1. The van der Waals surface area contributed by atoms with Gasteiger partial charge in [-0.15, -0.1) is 0 Å². The molecule has 1 fully saturated rings. The Kier molecular flexibility index (Phi) is 7.84. The summed E-state index contributed by atoms with van der Waals surface area (Å²) >= 11 is 0. The summed E-state index contributed by atoms with van der Waals surface area (Å²) in [6, 6.07) is 9.56. The summed E-state index contributed by atoms with van der Waals surface area (Å²) in [5, 5.41) is 3.05. The Morgan fingerprint density at radius 3 is 2.26 bits per heavy atom. The Labute approximate surface area is 196 Å². The van der Waals surface area contributed by atoms with E-state index in [1.54, 1.807) is 6.07 Å². The number of sulfonamides is 1. The molecule has 1 heterocycles. The third kappa shape index (κ3) is 6.45. The molecule has 2 aromatic rings. The molecule has 0 atom stereocenters. The highest BCUT2D eigenvalue weighted by molar-refractivity contribution is 7.91. The molecule has 0 bridgehead atoms. The monoisotopic (exact) mass is 516 g/mol. The van der Waals surface area contributed by atoms with E-state index in [1.807, 2.05) is 4.72 Å². The van der Waals surface area contributed by atoms with Gasteiger partial charge >= 0.3 is 6.18 Å². The van der Waals surface area contributed by atoms with Gasteiger partial charge in [-0.2, -0.15) is 13.2 Å². The van der Waals surface area contributed by atoms with Gasteiger partial charge in [0.05, 0.1) is 21.1 Å². The Morgan fingerprint density at radius 2 is 1.65 bits per heavy atom. The van der Waals surface area contributed by atoms with Crippen LogP contribution in [0.4, 0.5) is 13.2 Å². The van der Waals surface area contributed by atoms with E-state index in [-0.39, 0.29) is 9.79 Å². The van der Waals surface area contributed by atoms with Crippen molar-refractivity contribution >= 4 is 31.8 Å². The van der Waals surface area contributed by atoms with Gasteiger partial charge in [0.25, 0.3) is 0 Å². The fraction of sp³-hybridized carbons (Fsp3) is 0.318.